The highest BCUT2D eigenvalue weighted by molar-refractivity contribution is 5.80. The Bertz CT molecular complexity index is 1140. The topological polar surface area (TPSA) is 6.48 Å². The minimum Gasteiger partial charge on any atom is -0.372 e. The molecule has 4 rings (SSSR count). The SMILES string of the molecule is CCN(CC)c1cccc(N(c2ccc(C)cc2)c2ccc(-c3ccc(C)cc3)cc2)c1. The first-order valence-corrected chi connectivity index (χ1v) is 11.5. The smallest absolute Gasteiger partial charge is 0.0482 e. The van der Waals surface area contributed by atoms with E-state index >= 15 is 0 Å². The molecule has 0 N–H and O–H groups in total. The molecule has 0 saturated carbocycles. The molecule has 0 aliphatic heterocycles. The summed E-state index contributed by atoms with van der Waals surface area (Å²) in [5, 5.41) is 0. The minimum absolute atomic E-state index is 0.996. The summed E-state index contributed by atoms with van der Waals surface area (Å²) in [6.07, 6.45) is 0. The first-order valence-electron chi connectivity index (χ1n) is 11.5. The third-order valence-corrected chi connectivity index (χ3v) is 6.02. The van der Waals surface area contributed by atoms with Crippen LogP contribution < -0.4 is 9.80 Å². The molecule has 0 radical (unpaired) electrons. The van der Waals surface area contributed by atoms with Crippen molar-refractivity contribution in [3.63, 3.8) is 0 Å². The fourth-order valence-corrected chi connectivity index (χ4v) is 4.11. The van der Waals surface area contributed by atoms with E-state index in [1.165, 1.54) is 33.6 Å². The van der Waals surface area contributed by atoms with E-state index in [2.05, 4.69) is 135 Å². The summed E-state index contributed by atoms with van der Waals surface area (Å²) in [7, 11) is 0. The lowest BCUT2D eigenvalue weighted by molar-refractivity contribution is 0.866. The van der Waals surface area contributed by atoms with Gasteiger partial charge >= 0.3 is 0 Å². The van der Waals surface area contributed by atoms with E-state index in [4.69, 9.17) is 0 Å². The monoisotopic (exact) mass is 420 g/mol. The fourth-order valence-electron chi connectivity index (χ4n) is 4.11. The van der Waals surface area contributed by atoms with Crippen LogP contribution in [0.25, 0.3) is 11.1 Å². The summed E-state index contributed by atoms with van der Waals surface area (Å²) >= 11 is 0. The third kappa shape index (κ3) is 4.70. The van der Waals surface area contributed by atoms with Crippen molar-refractivity contribution in [2.75, 3.05) is 22.9 Å². The average molecular weight is 421 g/mol. The summed E-state index contributed by atoms with van der Waals surface area (Å²) in [6, 6.07) is 35.2. The maximum absolute atomic E-state index is 2.39. The van der Waals surface area contributed by atoms with Crippen LogP contribution in [0.5, 0.6) is 0 Å². The van der Waals surface area contributed by atoms with Gasteiger partial charge in [-0.3, -0.25) is 0 Å². The van der Waals surface area contributed by atoms with Crippen LogP contribution in [-0.4, -0.2) is 13.1 Å². The lowest BCUT2D eigenvalue weighted by Gasteiger charge is -2.28. The Morgan fingerprint density at radius 3 is 1.47 bits per heavy atom. The standard InChI is InChI=1S/C30H32N2/c1-5-31(6-2)29-8-7-9-30(22-29)32(27-18-12-24(4)13-19-27)28-20-16-26(17-21-28)25-14-10-23(3)11-15-25/h7-22H,5-6H2,1-4H3. The summed E-state index contributed by atoms with van der Waals surface area (Å²) in [4.78, 5) is 4.72. The molecule has 0 amide bonds. The molecule has 2 heteroatoms. The van der Waals surface area contributed by atoms with Gasteiger partial charge in [-0.2, -0.15) is 0 Å². The molecule has 0 unspecified atom stereocenters. The van der Waals surface area contributed by atoms with Crippen molar-refractivity contribution in [3.8, 4) is 11.1 Å². The van der Waals surface area contributed by atoms with Gasteiger partial charge in [0.05, 0.1) is 0 Å². The number of hydrogen-bond acceptors (Lipinski definition) is 2. The van der Waals surface area contributed by atoms with Gasteiger partial charge in [-0.25, -0.2) is 0 Å². The summed E-state index contributed by atoms with van der Waals surface area (Å²) in [5.41, 5.74) is 9.75. The Morgan fingerprint density at radius 2 is 0.938 bits per heavy atom. The molecule has 0 bridgehead atoms. The normalized spacial score (nSPS) is 10.8. The van der Waals surface area contributed by atoms with Crippen molar-refractivity contribution in [1.29, 1.82) is 0 Å². The van der Waals surface area contributed by atoms with Gasteiger partial charge < -0.3 is 9.80 Å². The van der Waals surface area contributed by atoms with Crippen molar-refractivity contribution in [2.24, 2.45) is 0 Å². The lowest BCUT2D eigenvalue weighted by atomic mass is 10.0. The molecule has 0 saturated heterocycles. The Morgan fingerprint density at radius 1 is 0.500 bits per heavy atom. The number of rotatable bonds is 7. The minimum atomic E-state index is 0.996. The van der Waals surface area contributed by atoms with Crippen LogP contribution in [0, 0.1) is 13.8 Å². The van der Waals surface area contributed by atoms with Crippen LogP contribution in [0.1, 0.15) is 25.0 Å². The second kappa shape index (κ2) is 9.74. The number of nitrogens with zero attached hydrogens (tertiary/aromatic N) is 2. The molecular weight excluding hydrogens is 388 g/mol. The zero-order chi connectivity index (χ0) is 22.5. The first-order chi connectivity index (χ1) is 15.6. The molecule has 0 aliphatic rings. The zero-order valence-electron chi connectivity index (χ0n) is 19.5. The third-order valence-electron chi connectivity index (χ3n) is 6.02. The van der Waals surface area contributed by atoms with Gasteiger partial charge in [0.25, 0.3) is 0 Å². The molecule has 0 spiro atoms. The summed E-state index contributed by atoms with van der Waals surface area (Å²) in [6.45, 7) is 10.7. The predicted octanol–water partition coefficient (Wildman–Crippen LogP) is 8.29. The Labute approximate surface area is 192 Å². The second-order valence-corrected chi connectivity index (χ2v) is 8.28. The Hall–Kier alpha value is -3.52. The summed E-state index contributed by atoms with van der Waals surface area (Å²) < 4.78 is 0. The fraction of sp³-hybridized carbons (Fsp3) is 0.200. The molecule has 0 aromatic heterocycles. The lowest BCUT2D eigenvalue weighted by Crippen LogP contribution is -2.22. The van der Waals surface area contributed by atoms with E-state index in [-0.39, 0.29) is 0 Å². The van der Waals surface area contributed by atoms with Crippen LogP contribution in [0.4, 0.5) is 22.7 Å². The van der Waals surface area contributed by atoms with Crippen LogP contribution >= 0.6 is 0 Å². The highest BCUT2D eigenvalue weighted by Gasteiger charge is 2.14. The van der Waals surface area contributed by atoms with E-state index in [1.807, 2.05) is 0 Å². The molecule has 0 atom stereocenters. The van der Waals surface area contributed by atoms with E-state index < -0.39 is 0 Å². The van der Waals surface area contributed by atoms with Gasteiger partial charge in [-0.15, -0.1) is 0 Å². The number of anilines is 4. The van der Waals surface area contributed by atoms with Gasteiger partial charge in [-0.1, -0.05) is 65.7 Å². The molecule has 4 aromatic rings. The Kier molecular flexibility index (Phi) is 6.61. The van der Waals surface area contributed by atoms with Crippen molar-refractivity contribution >= 4 is 22.7 Å². The quantitative estimate of drug-likeness (QED) is 0.297. The maximum Gasteiger partial charge on any atom is 0.0482 e. The van der Waals surface area contributed by atoms with E-state index in [1.54, 1.807) is 0 Å². The Balaban J connectivity index is 1.76. The molecule has 0 heterocycles. The zero-order valence-corrected chi connectivity index (χ0v) is 19.5. The van der Waals surface area contributed by atoms with E-state index in [9.17, 15) is 0 Å². The van der Waals surface area contributed by atoms with E-state index in [0.29, 0.717) is 0 Å². The van der Waals surface area contributed by atoms with Gasteiger partial charge in [0, 0.05) is 35.8 Å². The molecular formula is C30H32N2. The van der Waals surface area contributed by atoms with Crippen molar-refractivity contribution in [3.05, 3.63) is 108 Å². The summed E-state index contributed by atoms with van der Waals surface area (Å²) in [5.74, 6) is 0. The van der Waals surface area contributed by atoms with Gasteiger partial charge in [0.15, 0.2) is 0 Å². The average Bonchev–Trinajstić information content (AvgIpc) is 2.83. The van der Waals surface area contributed by atoms with E-state index in [0.717, 1.165) is 24.5 Å². The van der Waals surface area contributed by atoms with Crippen molar-refractivity contribution < 1.29 is 0 Å². The highest BCUT2D eigenvalue weighted by Crippen LogP contribution is 2.37. The van der Waals surface area contributed by atoms with Gasteiger partial charge in [-0.05, 0) is 81.3 Å². The van der Waals surface area contributed by atoms with Crippen molar-refractivity contribution in [2.45, 2.75) is 27.7 Å². The second-order valence-electron chi connectivity index (χ2n) is 8.28. The largest absolute Gasteiger partial charge is 0.372 e. The number of benzene rings is 4. The maximum atomic E-state index is 2.39. The van der Waals surface area contributed by atoms with Crippen LogP contribution in [-0.2, 0) is 0 Å². The van der Waals surface area contributed by atoms with Crippen molar-refractivity contribution in [1.82, 2.24) is 0 Å². The molecule has 0 fully saturated rings. The molecule has 2 nitrogen and oxygen atoms in total. The van der Waals surface area contributed by atoms with Crippen LogP contribution in [0.15, 0.2) is 97.1 Å². The molecule has 4 aromatic carbocycles. The van der Waals surface area contributed by atoms with Gasteiger partial charge in [0.2, 0.25) is 0 Å². The molecule has 32 heavy (non-hydrogen) atoms. The predicted molar refractivity (Wildman–Crippen MR) is 140 cm³/mol. The highest BCUT2D eigenvalue weighted by atomic mass is 15.2. The first kappa shape index (κ1) is 21.7. The molecule has 162 valence electrons. The number of hydrogen-bond donors (Lipinski definition) is 0. The number of aryl methyl sites for hydroxylation is 2. The van der Waals surface area contributed by atoms with Gasteiger partial charge in [0.1, 0.15) is 0 Å². The molecule has 0 aliphatic carbocycles. The van der Waals surface area contributed by atoms with Crippen LogP contribution in [0.2, 0.25) is 0 Å². The van der Waals surface area contributed by atoms with Crippen LogP contribution in [0.3, 0.4) is 0 Å².